The molecule has 0 N–H and O–H groups in total. The number of nitrogens with zero attached hydrogens (tertiary/aromatic N) is 1. The van der Waals surface area contributed by atoms with E-state index in [9.17, 15) is 0 Å². The van der Waals surface area contributed by atoms with Crippen molar-refractivity contribution in [2.24, 2.45) is 23.7 Å². The van der Waals surface area contributed by atoms with Gasteiger partial charge in [0.05, 0.1) is 0 Å². The van der Waals surface area contributed by atoms with Crippen LogP contribution in [0.1, 0.15) is 32.1 Å². The Morgan fingerprint density at radius 1 is 0.952 bits per heavy atom. The molecule has 2 bridgehead atoms. The summed E-state index contributed by atoms with van der Waals surface area (Å²) in [5, 5.41) is 4.75. The number of fused-ring (bicyclic) bond motifs is 2. The maximum absolute atomic E-state index is 4.71. The molecule has 0 spiro atoms. The van der Waals surface area contributed by atoms with Crippen molar-refractivity contribution in [2.75, 3.05) is 0 Å². The van der Waals surface area contributed by atoms with Crippen LogP contribution in [0.4, 0.5) is 0 Å². The Balaban J connectivity index is 1.46. The molecule has 3 saturated carbocycles. The average molecular weight is 295 g/mol. The normalized spacial score (nSPS) is 37.2. The minimum atomic E-state index is 0.815. The van der Waals surface area contributed by atoms with Crippen molar-refractivity contribution in [1.29, 1.82) is 0 Å². The van der Waals surface area contributed by atoms with Crippen LogP contribution in [-0.2, 0) is 0 Å². The van der Waals surface area contributed by atoms with Crippen molar-refractivity contribution < 1.29 is 0 Å². The molecule has 5 rings (SSSR count). The fourth-order valence-corrected chi connectivity index (χ4v) is 6.84. The first-order valence-electron chi connectivity index (χ1n) is 8.39. The second-order valence-corrected chi connectivity index (χ2v) is 8.46. The number of thioether (sulfide) groups is 1. The zero-order chi connectivity index (χ0) is 13.8. The SMILES string of the molecule is c1ccc2c(S[C@H]3CC[C@H]4C[C@@H]5C[C@@H]4[C@@H]3C5)nccc2c1. The number of rotatable bonds is 2. The molecule has 0 aliphatic heterocycles. The van der Waals surface area contributed by atoms with Crippen LogP contribution in [0.2, 0.25) is 0 Å². The van der Waals surface area contributed by atoms with Crippen molar-refractivity contribution >= 4 is 22.5 Å². The Hall–Kier alpha value is -1.02. The van der Waals surface area contributed by atoms with Gasteiger partial charge in [-0.05, 0) is 67.2 Å². The first-order valence-corrected chi connectivity index (χ1v) is 9.27. The Labute approximate surface area is 130 Å². The van der Waals surface area contributed by atoms with E-state index in [4.69, 9.17) is 4.98 Å². The fraction of sp³-hybridized carbons (Fsp3) is 0.526. The van der Waals surface area contributed by atoms with Crippen molar-refractivity contribution in [3.63, 3.8) is 0 Å². The Morgan fingerprint density at radius 3 is 2.81 bits per heavy atom. The molecule has 3 aliphatic rings. The van der Waals surface area contributed by atoms with E-state index in [-0.39, 0.29) is 0 Å². The molecule has 1 aromatic carbocycles. The molecule has 0 radical (unpaired) electrons. The second kappa shape index (κ2) is 4.74. The monoisotopic (exact) mass is 295 g/mol. The summed E-state index contributed by atoms with van der Waals surface area (Å²) < 4.78 is 0. The lowest BCUT2D eigenvalue weighted by atomic mass is 9.71. The molecule has 108 valence electrons. The van der Waals surface area contributed by atoms with Crippen molar-refractivity contribution in [1.82, 2.24) is 4.98 Å². The van der Waals surface area contributed by atoms with Gasteiger partial charge in [0.15, 0.2) is 0 Å². The van der Waals surface area contributed by atoms with E-state index in [2.05, 4.69) is 42.1 Å². The number of hydrogen-bond acceptors (Lipinski definition) is 2. The van der Waals surface area contributed by atoms with E-state index in [0.717, 1.165) is 28.9 Å². The van der Waals surface area contributed by atoms with Gasteiger partial charge in [-0.15, -0.1) is 11.8 Å². The van der Waals surface area contributed by atoms with E-state index in [1.807, 2.05) is 6.20 Å². The second-order valence-electron chi connectivity index (χ2n) is 7.23. The standard InChI is InChI=1S/C19H21NS/c1-2-4-15-13(3-1)7-8-20-19(15)21-18-6-5-14-9-12-10-16(14)17(18)11-12/h1-4,7-8,12,14,16-18H,5-6,9-11H2/t12-,14+,16+,17+,18+/m1/s1. The number of benzene rings is 1. The molecular formula is C19H21NS. The van der Waals surface area contributed by atoms with Gasteiger partial charge in [-0.1, -0.05) is 24.3 Å². The number of aromatic nitrogens is 1. The van der Waals surface area contributed by atoms with E-state index in [1.165, 1.54) is 41.5 Å². The topological polar surface area (TPSA) is 12.9 Å². The van der Waals surface area contributed by atoms with Crippen LogP contribution in [0.25, 0.3) is 10.8 Å². The minimum absolute atomic E-state index is 0.815. The van der Waals surface area contributed by atoms with E-state index in [0.29, 0.717) is 0 Å². The smallest absolute Gasteiger partial charge is 0.104 e. The van der Waals surface area contributed by atoms with Gasteiger partial charge in [0, 0.05) is 16.8 Å². The summed E-state index contributed by atoms with van der Waals surface area (Å²) in [6.07, 6.45) is 9.45. The number of hydrogen-bond donors (Lipinski definition) is 0. The van der Waals surface area contributed by atoms with E-state index < -0.39 is 0 Å². The third-order valence-corrected chi connectivity index (χ3v) is 7.64. The minimum Gasteiger partial charge on any atom is -0.249 e. The highest BCUT2D eigenvalue weighted by Gasteiger charge is 2.51. The molecule has 0 saturated heterocycles. The molecule has 2 heteroatoms. The Kier molecular flexibility index (Phi) is 2.83. The summed E-state index contributed by atoms with van der Waals surface area (Å²) in [7, 11) is 0. The summed E-state index contributed by atoms with van der Waals surface area (Å²) in [5.41, 5.74) is 0. The maximum atomic E-state index is 4.71. The van der Waals surface area contributed by atoms with Gasteiger partial charge < -0.3 is 0 Å². The molecular weight excluding hydrogens is 274 g/mol. The third-order valence-electron chi connectivity index (χ3n) is 6.20. The Bertz CT molecular complexity index is 677. The molecule has 1 aromatic heterocycles. The van der Waals surface area contributed by atoms with Gasteiger partial charge in [0.2, 0.25) is 0 Å². The van der Waals surface area contributed by atoms with Gasteiger partial charge >= 0.3 is 0 Å². The molecule has 5 atom stereocenters. The van der Waals surface area contributed by atoms with Crippen molar-refractivity contribution in [3.8, 4) is 0 Å². The largest absolute Gasteiger partial charge is 0.249 e. The predicted octanol–water partition coefficient (Wildman–Crippen LogP) is 5.15. The summed E-state index contributed by atoms with van der Waals surface area (Å²) in [5.74, 6) is 4.17. The molecule has 1 nitrogen and oxygen atoms in total. The van der Waals surface area contributed by atoms with Crippen molar-refractivity contribution in [3.05, 3.63) is 36.5 Å². The summed E-state index contributed by atoms with van der Waals surface area (Å²) in [4.78, 5) is 4.71. The van der Waals surface area contributed by atoms with E-state index >= 15 is 0 Å². The fourth-order valence-electron chi connectivity index (χ4n) is 5.38. The van der Waals surface area contributed by atoms with Crippen LogP contribution in [0.5, 0.6) is 0 Å². The molecule has 1 heterocycles. The van der Waals surface area contributed by atoms with Gasteiger partial charge in [0.1, 0.15) is 5.03 Å². The highest BCUT2D eigenvalue weighted by atomic mass is 32.2. The first-order chi connectivity index (χ1) is 10.4. The lowest BCUT2D eigenvalue weighted by molar-refractivity contribution is 0.171. The lowest BCUT2D eigenvalue weighted by Gasteiger charge is -2.40. The van der Waals surface area contributed by atoms with Crippen molar-refractivity contribution in [2.45, 2.75) is 42.4 Å². The molecule has 3 fully saturated rings. The van der Waals surface area contributed by atoms with Crippen LogP contribution < -0.4 is 0 Å². The van der Waals surface area contributed by atoms with E-state index in [1.54, 1.807) is 6.42 Å². The van der Waals surface area contributed by atoms with Crippen LogP contribution in [-0.4, -0.2) is 10.2 Å². The zero-order valence-electron chi connectivity index (χ0n) is 12.2. The molecule has 3 aliphatic carbocycles. The molecule has 2 aromatic rings. The molecule has 21 heavy (non-hydrogen) atoms. The van der Waals surface area contributed by atoms with Crippen LogP contribution in [0, 0.1) is 23.7 Å². The molecule has 0 amide bonds. The van der Waals surface area contributed by atoms with Gasteiger partial charge in [-0.25, -0.2) is 4.98 Å². The van der Waals surface area contributed by atoms with Crippen LogP contribution in [0.15, 0.2) is 41.6 Å². The highest BCUT2D eigenvalue weighted by Crippen LogP contribution is 2.60. The highest BCUT2D eigenvalue weighted by molar-refractivity contribution is 8.00. The third kappa shape index (κ3) is 1.95. The van der Waals surface area contributed by atoms with Gasteiger partial charge in [-0.3, -0.25) is 0 Å². The zero-order valence-corrected chi connectivity index (χ0v) is 13.1. The first kappa shape index (κ1) is 12.5. The van der Waals surface area contributed by atoms with Crippen LogP contribution >= 0.6 is 11.8 Å². The quantitative estimate of drug-likeness (QED) is 0.759. The Morgan fingerprint density at radius 2 is 1.86 bits per heavy atom. The maximum Gasteiger partial charge on any atom is 0.104 e. The molecule has 0 unspecified atom stereocenters. The lowest BCUT2D eigenvalue weighted by Crippen LogP contribution is -2.34. The summed E-state index contributed by atoms with van der Waals surface area (Å²) in [6.45, 7) is 0. The average Bonchev–Trinajstić information content (AvgIpc) is 3.12. The summed E-state index contributed by atoms with van der Waals surface area (Å²) >= 11 is 2.08. The number of pyridine rings is 1. The van der Waals surface area contributed by atoms with Gasteiger partial charge in [0.25, 0.3) is 0 Å². The predicted molar refractivity (Wildman–Crippen MR) is 88.4 cm³/mol. The van der Waals surface area contributed by atoms with Crippen LogP contribution in [0.3, 0.4) is 0 Å². The summed E-state index contributed by atoms with van der Waals surface area (Å²) in [6, 6.07) is 10.8. The van der Waals surface area contributed by atoms with Gasteiger partial charge in [-0.2, -0.15) is 0 Å².